The molecule has 1 aromatic rings. The van der Waals surface area contributed by atoms with Crippen LogP contribution in [0.15, 0.2) is 16.6 Å². The topological polar surface area (TPSA) is 12.0 Å². The van der Waals surface area contributed by atoms with Crippen LogP contribution in [0.3, 0.4) is 0 Å². The van der Waals surface area contributed by atoms with Crippen LogP contribution in [0.2, 0.25) is 0 Å². The highest BCUT2D eigenvalue weighted by Gasteiger charge is 2.16. The van der Waals surface area contributed by atoms with E-state index in [4.69, 9.17) is 0 Å². The lowest BCUT2D eigenvalue weighted by Crippen LogP contribution is -2.31. The number of hydrogen-bond acceptors (Lipinski definition) is 2. The molecule has 0 aliphatic rings. The fraction of sp³-hybridized carbons (Fsp3) is 0.500. The SMILES string of the molecule is CCSCC(Cc1c(F)ccc(Br)c1F)NC. The van der Waals surface area contributed by atoms with Crippen LogP contribution in [0.5, 0.6) is 0 Å². The van der Waals surface area contributed by atoms with Crippen LogP contribution >= 0.6 is 27.7 Å². The average Bonchev–Trinajstić information content (AvgIpc) is 2.33. The molecule has 1 atom stereocenters. The minimum absolute atomic E-state index is 0.0817. The van der Waals surface area contributed by atoms with Crippen LogP contribution in [0.1, 0.15) is 12.5 Å². The van der Waals surface area contributed by atoms with E-state index in [0.717, 1.165) is 11.5 Å². The first-order valence-corrected chi connectivity index (χ1v) is 7.42. The normalized spacial score (nSPS) is 12.8. The van der Waals surface area contributed by atoms with E-state index in [1.54, 1.807) is 11.8 Å². The van der Waals surface area contributed by atoms with Gasteiger partial charge in [-0.15, -0.1) is 0 Å². The Kier molecular flexibility index (Phi) is 6.44. The van der Waals surface area contributed by atoms with Gasteiger partial charge in [-0.3, -0.25) is 0 Å². The van der Waals surface area contributed by atoms with Crippen molar-refractivity contribution in [2.24, 2.45) is 0 Å². The molecular formula is C12H16BrF2NS. The van der Waals surface area contributed by atoms with Gasteiger partial charge in [-0.2, -0.15) is 11.8 Å². The minimum atomic E-state index is -0.494. The molecule has 0 fully saturated rings. The van der Waals surface area contributed by atoms with Crippen LogP contribution in [0.25, 0.3) is 0 Å². The number of rotatable bonds is 6. The van der Waals surface area contributed by atoms with Gasteiger partial charge in [-0.25, -0.2) is 8.78 Å². The van der Waals surface area contributed by atoms with Gasteiger partial charge in [-0.05, 0) is 47.3 Å². The Morgan fingerprint density at radius 1 is 1.41 bits per heavy atom. The fourth-order valence-corrected chi connectivity index (χ4v) is 2.68. The third-order valence-electron chi connectivity index (χ3n) is 2.52. The predicted molar refractivity (Wildman–Crippen MR) is 73.6 cm³/mol. The summed E-state index contributed by atoms with van der Waals surface area (Å²) in [6.07, 6.45) is 0.362. The Morgan fingerprint density at radius 3 is 2.71 bits per heavy atom. The van der Waals surface area contributed by atoms with Crippen molar-refractivity contribution in [1.29, 1.82) is 0 Å². The summed E-state index contributed by atoms with van der Waals surface area (Å²) < 4.78 is 27.6. The number of halogens is 3. The van der Waals surface area contributed by atoms with E-state index >= 15 is 0 Å². The first-order chi connectivity index (χ1) is 8.10. The van der Waals surface area contributed by atoms with Crippen molar-refractivity contribution >= 4 is 27.7 Å². The zero-order valence-electron chi connectivity index (χ0n) is 9.90. The Labute approximate surface area is 113 Å². The highest BCUT2D eigenvalue weighted by Crippen LogP contribution is 2.23. The van der Waals surface area contributed by atoms with Crippen molar-refractivity contribution in [3.8, 4) is 0 Å². The highest BCUT2D eigenvalue weighted by atomic mass is 79.9. The van der Waals surface area contributed by atoms with E-state index in [2.05, 4.69) is 28.2 Å². The molecular weight excluding hydrogens is 308 g/mol. The van der Waals surface area contributed by atoms with E-state index in [1.165, 1.54) is 12.1 Å². The standard InChI is InChI=1S/C12H16BrF2NS/c1-3-17-7-8(16-2)6-9-11(14)5-4-10(13)12(9)15/h4-5,8,16H,3,6-7H2,1-2H3. The van der Waals surface area contributed by atoms with Crippen molar-refractivity contribution in [1.82, 2.24) is 5.32 Å². The Bertz CT molecular complexity index is 374. The van der Waals surface area contributed by atoms with E-state index in [-0.39, 0.29) is 11.6 Å². The monoisotopic (exact) mass is 323 g/mol. The van der Waals surface area contributed by atoms with Gasteiger partial charge < -0.3 is 5.32 Å². The van der Waals surface area contributed by atoms with E-state index < -0.39 is 11.6 Å². The maximum Gasteiger partial charge on any atom is 0.143 e. The van der Waals surface area contributed by atoms with Crippen LogP contribution in [-0.2, 0) is 6.42 Å². The molecule has 5 heteroatoms. The molecule has 96 valence electrons. The van der Waals surface area contributed by atoms with Crippen molar-refractivity contribution in [3.63, 3.8) is 0 Å². The van der Waals surface area contributed by atoms with Gasteiger partial charge in [0.15, 0.2) is 0 Å². The first kappa shape index (κ1) is 14.9. The Morgan fingerprint density at radius 2 is 2.12 bits per heavy atom. The molecule has 0 radical (unpaired) electrons. The Balaban J connectivity index is 2.81. The van der Waals surface area contributed by atoms with Crippen LogP contribution in [0.4, 0.5) is 8.78 Å². The molecule has 0 spiro atoms. The third-order valence-corrected chi connectivity index (χ3v) is 4.18. The number of nitrogens with one attached hydrogen (secondary N) is 1. The van der Waals surface area contributed by atoms with Crippen LogP contribution in [-0.4, -0.2) is 24.6 Å². The minimum Gasteiger partial charge on any atom is -0.316 e. The molecule has 1 rings (SSSR count). The van der Waals surface area contributed by atoms with Crippen LogP contribution in [0, 0.1) is 11.6 Å². The molecule has 1 N–H and O–H groups in total. The van der Waals surface area contributed by atoms with Crippen molar-refractivity contribution in [2.45, 2.75) is 19.4 Å². The summed E-state index contributed by atoms with van der Waals surface area (Å²) in [5.41, 5.74) is 0.149. The summed E-state index contributed by atoms with van der Waals surface area (Å²) in [7, 11) is 1.81. The van der Waals surface area contributed by atoms with Crippen molar-refractivity contribution in [3.05, 3.63) is 33.8 Å². The molecule has 0 saturated carbocycles. The lowest BCUT2D eigenvalue weighted by Gasteiger charge is -2.16. The van der Waals surface area contributed by atoms with Crippen molar-refractivity contribution < 1.29 is 8.78 Å². The lowest BCUT2D eigenvalue weighted by atomic mass is 10.1. The van der Waals surface area contributed by atoms with E-state index in [0.29, 0.717) is 10.9 Å². The zero-order chi connectivity index (χ0) is 12.8. The second-order valence-electron chi connectivity index (χ2n) is 3.67. The second-order valence-corrected chi connectivity index (χ2v) is 5.84. The van der Waals surface area contributed by atoms with Gasteiger partial charge in [0, 0.05) is 17.4 Å². The smallest absolute Gasteiger partial charge is 0.143 e. The lowest BCUT2D eigenvalue weighted by molar-refractivity contribution is 0.521. The van der Waals surface area contributed by atoms with Crippen molar-refractivity contribution in [2.75, 3.05) is 18.6 Å². The zero-order valence-corrected chi connectivity index (χ0v) is 12.3. The maximum absolute atomic E-state index is 13.8. The maximum atomic E-state index is 13.8. The summed E-state index contributed by atoms with van der Waals surface area (Å²) in [5, 5.41) is 3.09. The molecule has 0 aromatic heterocycles. The summed E-state index contributed by atoms with van der Waals surface area (Å²) >= 11 is 4.83. The molecule has 0 heterocycles. The quantitative estimate of drug-likeness (QED) is 0.802. The largest absolute Gasteiger partial charge is 0.316 e. The fourth-order valence-electron chi connectivity index (χ4n) is 1.51. The number of likely N-dealkylation sites (N-methyl/N-ethyl adjacent to an activating group) is 1. The Hall–Kier alpha value is -0.130. The van der Waals surface area contributed by atoms with Gasteiger partial charge in [0.05, 0.1) is 4.47 Å². The molecule has 0 aliphatic heterocycles. The highest BCUT2D eigenvalue weighted by molar-refractivity contribution is 9.10. The summed E-state index contributed by atoms with van der Waals surface area (Å²) in [6, 6.07) is 2.77. The molecule has 1 unspecified atom stereocenters. The van der Waals surface area contributed by atoms with Gasteiger partial charge in [0.1, 0.15) is 11.6 Å². The molecule has 0 bridgehead atoms. The van der Waals surface area contributed by atoms with E-state index in [1.807, 2.05) is 7.05 Å². The molecule has 1 nitrogen and oxygen atoms in total. The van der Waals surface area contributed by atoms with E-state index in [9.17, 15) is 8.78 Å². The second kappa shape index (κ2) is 7.34. The van der Waals surface area contributed by atoms with Gasteiger partial charge in [0.2, 0.25) is 0 Å². The average molecular weight is 324 g/mol. The molecule has 0 saturated heterocycles. The first-order valence-electron chi connectivity index (χ1n) is 5.47. The molecule has 1 aromatic carbocycles. The molecule has 0 aliphatic carbocycles. The summed E-state index contributed by atoms with van der Waals surface area (Å²) in [4.78, 5) is 0. The molecule has 0 amide bonds. The number of hydrogen-bond donors (Lipinski definition) is 1. The summed E-state index contributed by atoms with van der Waals surface area (Å²) in [5.74, 6) is 0.874. The number of thioether (sulfide) groups is 1. The molecule has 17 heavy (non-hydrogen) atoms. The predicted octanol–water partition coefficient (Wildman–Crippen LogP) is 3.61. The van der Waals surface area contributed by atoms with Gasteiger partial charge in [-0.1, -0.05) is 6.92 Å². The van der Waals surface area contributed by atoms with Gasteiger partial charge in [0.25, 0.3) is 0 Å². The van der Waals surface area contributed by atoms with Crippen LogP contribution < -0.4 is 5.32 Å². The summed E-state index contributed by atoms with van der Waals surface area (Å²) in [6.45, 7) is 2.07. The van der Waals surface area contributed by atoms with Gasteiger partial charge >= 0.3 is 0 Å². The third kappa shape index (κ3) is 4.23. The number of benzene rings is 1.